The van der Waals surface area contributed by atoms with Crippen molar-refractivity contribution in [3.63, 3.8) is 0 Å². The number of Topliss-reactive ketones (excluding diaryl/α,β-unsaturated/α-hetero) is 1. The van der Waals surface area contributed by atoms with E-state index < -0.39 is 5.82 Å². The second-order valence-electron chi connectivity index (χ2n) is 8.96. The molecule has 1 aromatic heterocycles. The molecule has 6 heteroatoms. The zero-order valence-electron chi connectivity index (χ0n) is 19.0. The van der Waals surface area contributed by atoms with E-state index in [1.807, 2.05) is 42.5 Å². The highest BCUT2D eigenvalue weighted by Gasteiger charge is 2.28. The number of hydrogen-bond donors (Lipinski definition) is 0. The normalized spacial score (nSPS) is 19.1. The number of hydrogen-bond acceptors (Lipinski definition) is 5. The molecule has 0 N–H and O–H groups in total. The number of nitrogens with zero attached hydrogens (tertiary/aromatic N) is 1. The summed E-state index contributed by atoms with van der Waals surface area (Å²) < 4.78 is 31.5. The van der Waals surface area contributed by atoms with Gasteiger partial charge in [0, 0.05) is 24.4 Å². The van der Waals surface area contributed by atoms with Gasteiger partial charge in [0.2, 0.25) is 6.79 Å². The van der Waals surface area contributed by atoms with Gasteiger partial charge in [-0.1, -0.05) is 25.0 Å². The van der Waals surface area contributed by atoms with E-state index in [0.29, 0.717) is 24.7 Å². The van der Waals surface area contributed by atoms with Crippen LogP contribution in [0.1, 0.15) is 59.6 Å². The van der Waals surface area contributed by atoms with Crippen molar-refractivity contribution in [1.29, 1.82) is 0 Å². The number of carbonyl (C=O) groups excluding carboxylic acids is 1. The molecule has 0 saturated heterocycles. The lowest BCUT2D eigenvalue weighted by Crippen LogP contribution is -2.24. The highest BCUT2D eigenvalue weighted by molar-refractivity contribution is 5.96. The van der Waals surface area contributed by atoms with Gasteiger partial charge in [0.05, 0.1) is 12.2 Å². The predicted octanol–water partition coefficient (Wildman–Crippen LogP) is 6.12. The van der Waals surface area contributed by atoms with Crippen molar-refractivity contribution in [3.8, 4) is 17.2 Å². The average Bonchev–Trinajstić information content (AvgIpc) is 3.35. The third kappa shape index (κ3) is 5.06. The summed E-state index contributed by atoms with van der Waals surface area (Å²) in [6.07, 6.45) is 6.74. The Morgan fingerprint density at radius 2 is 1.91 bits per heavy atom. The zero-order valence-corrected chi connectivity index (χ0v) is 19.0. The Balaban J connectivity index is 1.27. The van der Waals surface area contributed by atoms with E-state index in [1.54, 1.807) is 12.3 Å². The first-order valence-corrected chi connectivity index (χ1v) is 11.9. The maximum Gasteiger partial charge on any atom is 0.231 e. The minimum atomic E-state index is -0.459. The van der Waals surface area contributed by atoms with Crippen molar-refractivity contribution >= 4 is 5.78 Å². The molecule has 3 aromatic rings. The third-order valence-electron chi connectivity index (χ3n) is 6.77. The smallest absolute Gasteiger partial charge is 0.231 e. The number of aromatic nitrogens is 1. The van der Waals surface area contributed by atoms with Gasteiger partial charge in [-0.15, -0.1) is 0 Å². The van der Waals surface area contributed by atoms with Gasteiger partial charge in [0.1, 0.15) is 11.6 Å². The number of ketones is 1. The molecule has 2 heterocycles. The largest absolute Gasteiger partial charge is 0.493 e. The van der Waals surface area contributed by atoms with Crippen LogP contribution in [0.3, 0.4) is 0 Å². The molecule has 0 bridgehead atoms. The third-order valence-corrected chi connectivity index (χ3v) is 6.77. The summed E-state index contributed by atoms with van der Waals surface area (Å²) in [7, 11) is 0. The van der Waals surface area contributed by atoms with Crippen LogP contribution >= 0.6 is 0 Å². The van der Waals surface area contributed by atoms with Crippen LogP contribution < -0.4 is 14.2 Å². The van der Waals surface area contributed by atoms with Gasteiger partial charge in [-0.2, -0.15) is 0 Å². The molecule has 5 rings (SSSR count). The number of fused-ring (bicyclic) bond motifs is 1. The Morgan fingerprint density at radius 3 is 2.79 bits per heavy atom. The van der Waals surface area contributed by atoms with Crippen LogP contribution in [0.25, 0.3) is 0 Å². The Kier molecular flexibility index (Phi) is 6.74. The highest BCUT2D eigenvalue weighted by Crippen LogP contribution is 2.40. The fourth-order valence-electron chi connectivity index (χ4n) is 4.93. The molecule has 0 amide bonds. The first-order valence-electron chi connectivity index (χ1n) is 11.9. The summed E-state index contributed by atoms with van der Waals surface area (Å²) in [6, 6.07) is 16.2. The number of halogens is 1. The van der Waals surface area contributed by atoms with Crippen LogP contribution in [0, 0.1) is 11.7 Å². The fourth-order valence-corrected chi connectivity index (χ4v) is 4.93. The quantitative estimate of drug-likeness (QED) is 0.379. The number of aryl methyl sites for hydroxylation is 1. The first-order chi connectivity index (χ1) is 16.7. The number of benzene rings is 2. The number of carbonyl (C=O) groups is 1. The summed E-state index contributed by atoms with van der Waals surface area (Å²) >= 11 is 0. The molecular formula is C28H28FNO4. The summed E-state index contributed by atoms with van der Waals surface area (Å²) in [5.41, 5.74) is 2.02. The number of rotatable bonds is 8. The Morgan fingerprint density at radius 1 is 1.03 bits per heavy atom. The molecule has 1 fully saturated rings. The van der Waals surface area contributed by atoms with Gasteiger partial charge < -0.3 is 14.2 Å². The van der Waals surface area contributed by atoms with Gasteiger partial charge in [-0.3, -0.25) is 9.78 Å². The van der Waals surface area contributed by atoms with Crippen LogP contribution in [0.4, 0.5) is 4.39 Å². The maximum atomic E-state index is 14.6. The van der Waals surface area contributed by atoms with Crippen LogP contribution in [0.2, 0.25) is 0 Å². The number of pyridine rings is 1. The Bertz CT molecular complexity index is 1150. The standard InChI is InChI=1S/C28H28FNO4/c29-25-11-8-19(15-24(25)26(31)12-9-21-6-3-4-14-30-21)23-7-2-1-5-20(23)17-32-22-10-13-27-28(16-22)34-18-33-27/h3-4,6,8,10-11,13-16,20,23H,1-2,5,7,9,12,17-18H2/t20-,23-/m0/s1. The molecule has 1 aliphatic carbocycles. The molecule has 2 aromatic carbocycles. The van der Waals surface area contributed by atoms with Crippen LogP contribution in [-0.2, 0) is 6.42 Å². The van der Waals surface area contributed by atoms with Gasteiger partial charge >= 0.3 is 0 Å². The minimum absolute atomic E-state index is 0.175. The van der Waals surface area contributed by atoms with Crippen molar-refractivity contribution in [2.24, 2.45) is 5.92 Å². The van der Waals surface area contributed by atoms with Crippen LogP contribution in [-0.4, -0.2) is 24.2 Å². The lowest BCUT2D eigenvalue weighted by atomic mass is 9.75. The van der Waals surface area contributed by atoms with Crippen molar-refractivity contribution < 1.29 is 23.4 Å². The maximum absolute atomic E-state index is 14.6. The molecule has 0 spiro atoms. The lowest BCUT2D eigenvalue weighted by Gasteiger charge is -2.32. The summed E-state index contributed by atoms with van der Waals surface area (Å²) in [4.78, 5) is 17.1. The molecule has 34 heavy (non-hydrogen) atoms. The fraction of sp³-hybridized carbons (Fsp3) is 0.357. The summed E-state index contributed by atoms with van der Waals surface area (Å²) in [5, 5.41) is 0. The topological polar surface area (TPSA) is 57.7 Å². The first kappa shape index (κ1) is 22.4. The van der Waals surface area contributed by atoms with Crippen molar-refractivity contribution in [3.05, 3.63) is 83.4 Å². The van der Waals surface area contributed by atoms with E-state index in [0.717, 1.165) is 48.4 Å². The molecule has 1 saturated carbocycles. The van der Waals surface area contributed by atoms with E-state index in [1.165, 1.54) is 6.07 Å². The van der Waals surface area contributed by atoms with Gasteiger partial charge in [0.15, 0.2) is 17.3 Å². The van der Waals surface area contributed by atoms with Gasteiger partial charge in [0.25, 0.3) is 0 Å². The van der Waals surface area contributed by atoms with Crippen molar-refractivity contribution in [1.82, 2.24) is 4.98 Å². The summed E-state index contributed by atoms with van der Waals surface area (Å²) in [5.74, 6) is 2.05. The van der Waals surface area contributed by atoms with Crippen molar-refractivity contribution in [2.45, 2.75) is 44.4 Å². The zero-order chi connectivity index (χ0) is 23.3. The van der Waals surface area contributed by atoms with Gasteiger partial charge in [-0.25, -0.2) is 4.39 Å². The van der Waals surface area contributed by atoms with E-state index >= 15 is 0 Å². The average molecular weight is 462 g/mol. The van der Waals surface area contributed by atoms with Crippen LogP contribution in [0.5, 0.6) is 17.2 Å². The molecule has 0 unspecified atom stereocenters. The molecule has 0 radical (unpaired) electrons. The summed E-state index contributed by atoms with van der Waals surface area (Å²) in [6.45, 7) is 0.793. The molecule has 2 atom stereocenters. The lowest BCUT2D eigenvalue weighted by molar-refractivity contribution is 0.0978. The van der Waals surface area contributed by atoms with E-state index in [4.69, 9.17) is 14.2 Å². The Labute approximate surface area is 198 Å². The monoisotopic (exact) mass is 461 g/mol. The molecule has 5 nitrogen and oxygen atoms in total. The molecule has 176 valence electrons. The number of ether oxygens (including phenoxy) is 3. The molecule has 1 aliphatic heterocycles. The molecule has 2 aliphatic rings. The van der Waals surface area contributed by atoms with Crippen molar-refractivity contribution in [2.75, 3.05) is 13.4 Å². The second kappa shape index (κ2) is 10.2. The SMILES string of the molecule is O=C(CCc1ccccn1)c1cc([C@@H]2CCCC[C@H]2COc2ccc3c(c2)OCO3)ccc1F. The minimum Gasteiger partial charge on any atom is -0.493 e. The Hall–Kier alpha value is -3.41. The van der Waals surface area contributed by atoms with Crippen LogP contribution in [0.15, 0.2) is 60.8 Å². The van der Waals surface area contributed by atoms with Gasteiger partial charge in [-0.05, 0) is 73.1 Å². The predicted molar refractivity (Wildman–Crippen MR) is 126 cm³/mol. The molecular weight excluding hydrogens is 433 g/mol. The highest BCUT2D eigenvalue weighted by atomic mass is 19.1. The van der Waals surface area contributed by atoms with E-state index in [9.17, 15) is 9.18 Å². The second-order valence-corrected chi connectivity index (χ2v) is 8.96. The van der Waals surface area contributed by atoms with E-state index in [-0.39, 0.29) is 30.5 Å². The van der Waals surface area contributed by atoms with E-state index in [2.05, 4.69) is 4.98 Å².